The van der Waals surface area contributed by atoms with Gasteiger partial charge in [-0.1, -0.05) is 23.7 Å². The second-order valence-corrected chi connectivity index (χ2v) is 5.87. The summed E-state index contributed by atoms with van der Waals surface area (Å²) in [4.78, 5) is 0. The van der Waals surface area contributed by atoms with E-state index in [0.29, 0.717) is 18.0 Å². The fourth-order valence-corrected chi connectivity index (χ4v) is 2.52. The van der Waals surface area contributed by atoms with Crippen LogP contribution in [0.3, 0.4) is 0 Å². The molecule has 2 rings (SSSR count). The number of nitrogens with zero attached hydrogens (tertiary/aromatic N) is 1. The second kappa shape index (κ2) is 5.51. The molecule has 5 nitrogen and oxygen atoms in total. The van der Waals surface area contributed by atoms with E-state index in [1.807, 2.05) is 12.1 Å². The average Bonchev–Trinajstić information content (AvgIpc) is 2.86. The number of nitrogens with one attached hydrogen (secondary N) is 2. The minimum Gasteiger partial charge on any atom is -0.266 e. The lowest BCUT2D eigenvalue weighted by Gasteiger charge is -2.04. The monoisotopic (exact) mass is 285 g/mol. The quantitative estimate of drug-likeness (QED) is 0.876. The van der Waals surface area contributed by atoms with Crippen LogP contribution >= 0.6 is 11.6 Å². The van der Waals surface area contributed by atoms with Gasteiger partial charge in [-0.15, -0.1) is 0 Å². The molecule has 0 radical (unpaired) electrons. The molecule has 0 aliphatic carbocycles. The SMILES string of the molecule is O=S(=O)(NCCc1ccc(Cl)cc1)c1ccn[nH]1. The van der Waals surface area contributed by atoms with E-state index in [1.165, 1.54) is 12.3 Å². The first kappa shape index (κ1) is 13.1. The predicted molar refractivity (Wildman–Crippen MR) is 68.9 cm³/mol. The molecule has 2 aromatic rings. The van der Waals surface area contributed by atoms with Crippen LogP contribution in [-0.2, 0) is 16.4 Å². The summed E-state index contributed by atoms with van der Waals surface area (Å²) in [6, 6.07) is 8.70. The van der Waals surface area contributed by atoms with Crippen molar-refractivity contribution < 1.29 is 8.42 Å². The van der Waals surface area contributed by atoms with Crippen LogP contribution < -0.4 is 4.72 Å². The average molecular weight is 286 g/mol. The molecule has 18 heavy (non-hydrogen) atoms. The first-order valence-electron chi connectivity index (χ1n) is 5.31. The Balaban J connectivity index is 1.91. The molecule has 0 amide bonds. The topological polar surface area (TPSA) is 74.8 Å². The van der Waals surface area contributed by atoms with Crippen molar-refractivity contribution in [3.63, 3.8) is 0 Å². The van der Waals surface area contributed by atoms with E-state index in [-0.39, 0.29) is 5.03 Å². The number of benzene rings is 1. The van der Waals surface area contributed by atoms with Gasteiger partial charge in [0.15, 0.2) is 5.03 Å². The van der Waals surface area contributed by atoms with Gasteiger partial charge in [-0.2, -0.15) is 5.10 Å². The molecular formula is C11H12ClN3O2S. The fraction of sp³-hybridized carbons (Fsp3) is 0.182. The number of hydrogen-bond donors (Lipinski definition) is 2. The summed E-state index contributed by atoms with van der Waals surface area (Å²) < 4.78 is 26.0. The van der Waals surface area contributed by atoms with Gasteiger partial charge in [-0.05, 0) is 30.2 Å². The molecule has 0 unspecified atom stereocenters. The summed E-state index contributed by atoms with van der Waals surface area (Å²) in [6.45, 7) is 0.322. The number of aromatic nitrogens is 2. The van der Waals surface area contributed by atoms with Gasteiger partial charge in [-0.3, -0.25) is 5.10 Å². The molecule has 0 atom stereocenters. The minimum absolute atomic E-state index is 0.0682. The molecule has 1 heterocycles. The summed E-state index contributed by atoms with van der Waals surface area (Å²) in [5, 5.41) is 6.75. The lowest BCUT2D eigenvalue weighted by molar-refractivity contribution is 0.577. The van der Waals surface area contributed by atoms with E-state index in [4.69, 9.17) is 11.6 Å². The highest BCUT2D eigenvalue weighted by Gasteiger charge is 2.14. The number of sulfonamides is 1. The van der Waals surface area contributed by atoms with E-state index in [9.17, 15) is 8.42 Å². The van der Waals surface area contributed by atoms with Crippen molar-refractivity contribution >= 4 is 21.6 Å². The van der Waals surface area contributed by atoms with Crippen molar-refractivity contribution in [1.29, 1.82) is 0 Å². The maximum absolute atomic E-state index is 11.7. The molecule has 0 saturated heterocycles. The minimum atomic E-state index is -3.49. The first-order chi connectivity index (χ1) is 8.58. The molecule has 0 saturated carbocycles. The zero-order chi connectivity index (χ0) is 13.0. The summed E-state index contributed by atoms with van der Waals surface area (Å²) in [5.41, 5.74) is 1.02. The normalized spacial score (nSPS) is 11.6. The van der Waals surface area contributed by atoms with E-state index < -0.39 is 10.0 Å². The third-order valence-electron chi connectivity index (χ3n) is 2.38. The van der Waals surface area contributed by atoms with Gasteiger partial charge < -0.3 is 0 Å². The van der Waals surface area contributed by atoms with Crippen LogP contribution in [0.5, 0.6) is 0 Å². The smallest absolute Gasteiger partial charge is 0.257 e. The Kier molecular flexibility index (Phi) is 4.00. The van der Waals surface area contributed by atoms with Crippen molar-refractivity contribution in [2.45, 2.75) is 11.4 Å². The van der Waals surface area contributed by atoms with Crippen molar-refractivity contribution in [2.24, 2.45) is 0 Å². The van der Waals surface area contributed by atoms with Gasteiger partial charge >= 0.3 is 0 Å². The molecule has 1 aromatic heterocycles. The zero-order valence-corrected chi connectivity index (χ0v) is 11.0. The van der Waals surface area contributed by atoms with Gasteiger partial charge in [0.05, 0.1) is 6.20 Å². The van der Waals surface area contributed by atoms with Crippen LogP contribution in [0.2, 0.25) is 5.02 Å². The predicted octanol–water partition coefficient (Wildman–Crippen LogP) is 1.58. The highest BCUT2D eigenvalue weighted by atomic mass is 35.5. The fourth-order valence-electron chi connectivity index (χ4n) is 1.45. The number of rotatable bonds is 5. The zero-order valence-electron chi connectivity index (χ0n) is 9.43. The summed E-state index contributed by atoms with van der Waals surface area (Å²) in [7, 11) is -3.49. The van der Waals surface area contributed by atoms with E-state index in [1.54, 1.807) is 12.1 Å². The maximum atomic E-state index is 11.7. The lowest BCUT2D eigenvalue weighted by Crippen LogP contribution is -2.26. The van der Waals surface area contributed by atoms with Gasteiger partial charge in [0, 0.05) is 11.6 Å². The van der Waals surface area contributed by atoms with E-state index in [2.05, 4.69) is 14.9 Å². The molecule has 0 fully saturated rings. The first-order valence-corrected chi connectivity index (χ1v) is 7.17. The highest BCUT2D eigenvalue weighted by Crippen LogP contribution is 2.10. The molecule has 2 N–H and O–H groups in total. The third-order valence-corrected chi connectivity index (χ3v) is 4.03. The maximum Gasteiger partial charge on any atom is 0.257 e. The summed E-state index contributed by atoms with van der Waals surface area (Å²) >= 11 is 5.76. The summed E-state index contributed by atoms with van der Waals surface area (Å²) in [5.74, 6) is 0. The van der Waals surface area contributed by atoms with Crippen molar-refractivity contribution in [2.75, 3.05) is 6.54 Å². The van der Waals surface area contributed by atoms with Crippen LogP contribution in [0, 0.1) is 0 Å². The Hall–Kier alpha value is -1.37. The Morgan fingerprint density at radius 2 is 1.94 bits per heavy atom. The van der Waals surface area contributed by atoms with Gasteiger partial charge in [0.2, 0.25) is 0 Å². The molecular weight excluding hydrogens is 274 g/mol. The molecule has 0 spiro atoms. The van der Waals surface area contributed by atoms with Crippen LogP contribution in [0.25, 0.3) is 0 Å². The lowest BCUT2D eigenvalue weighted by atomic mass is 10.2. The standard InChI is InChI=1S/C11H12ClN3O2S/c12-10-3-1-9(2-4-10)5-8-14-18(16,17)11-6-7-13-15-11/h1-4,6-7,14H,5,8H2,(H,13,15). The van der Waals surface area contributed by atoms with Gasteiger partial charge in [0.25, 0.3) is 10.0 Å². The highest BCUT2D eigenvalue weighted by molar-refractivity contribution is 7.89. The van der Waals surface area contributed by atoms with Crippen molar-refractivity contribution in [3.05, 3.63) is 47.1 Å². The second-order valence-electron chi connectivity index (χ2n) is 3.70. The molecule has 96 valence electrons. The molecule has 1 aromatic carbocycles. The summed E-state index contributed by atoms with van der Waals surface area (Å²) in [6.07, 6.45) is 2.00. The van der Waals surface area contributed by atoms with Crippen LogP contribution in [0.1, 0.15) is 5.56 Å². The van der Waals surface area contributed by atoms with Crippen LogP contribution in [0.4, 0.5) is 0 Å². The number of hydrogen-bond acceptors (Lipinski definition) is 3. The Bertz CT molecular complexity index is 594. The van der Waals surface area contributed by atoms with E-state index >= 15 is 0 Å². The molecule has 0 bridgehead atoms. The number of aromatic amines is 1. The van der Waals surface area contributed by atoms with Crippen LogP contribution in [0.15, 0.2) is 41.6 Å². The Morgan fingerprint density at radius 3 is 2.56 bits per heavy atom. The third kappa shape index (κ3) is 3.32. The number of halogens is 1. The van der Waals surface area contributed by atoms with Crippen LogP contribution in [-0.4, -0.2) is 25.2 Å². The van der Waals surface area contributed by atoms with E-state index in [0.717, 1.165) is 5.56 Å². The number of H-pyrrole nitrogens is 1. The largest absolute Gasteiger partial charge is 0.266 e. The molecule has 0 aliphatic heterocycles. The Labute approximate surface area is 110 Å². The molecule has 7 heteroatoms. The van der Waals surface area contributed by atoms with Gasteiger partial charge in [-0.25, -0.2) is 13.1 Å². The van der Waals surface area contributed by atoms with Crippen molar-refractivity contribution in [3.8, 4) is 0 Å². The molecule has 0 aliphatic rings. The van der Waals surface area contributed by atoms with Gasteiger partial charge in [0.1, 0.15) is 0 Å². The van der Waals surface area contributed by atoms with Crippen molar-refractivity contribution in [1.82, 2.24) is 14.9 Å². The Morgan fingerprint density at radius 1 is 1.22 bits per heavy atom.